The highest BCUT2D eigenvalue weighted by atomic mass is 16.6. The van der Waals surface area contributed by atoms with E-state index in [0.29, 0.717) is 66.4 Å². The van der Waals surface area contributed by atoms with Crippen molar-refractivity contribution < 1.29 is 52.8 Å². The Kier molecular flexibility index (Phi) is 14.0. The first kappa shape index (κ1) is 49.6. The van der Waals surface area contributed by atoms with E-state index in [2.05, 4.69) is 20.9 Å². The molecule has 1 spiro atoms. The average Bonchev–Trinajstić information content (AvgIpc) is 3.88. The molecule has 1 aromatic heterocycles. The monoisotopic (exact) mass is 986 g/mol. The third-order valence-corrected chi connectivity index (χ3v) is 14.2. The third kappa shape index (κ3) is 10.1. The summed E-state index contributed by atoms with van der Waals surface area (Å²) in [4.78, 5) is 76.7. The minimum absolute atomic E-state index is 0.0780. The van der Waals surface area contributed by atoms with Gasteiger partial charge >= 0.3 is 6.09 Å². The number of nitrogens with two attached hydrogens (primary N) is 1. The normalized spacial score (nSPS) is 20.2. The number of nitrogens with one attached hydrogen (secondary N) is 3. The van der Waals surface area contributed by atoms with Crippen molar-refractivity contribution in [1.82, 2.24) is 20.1 Å². The van der Waals surface area contributed by atoms with Gasteiger partial charge in [-0.25, -0.2) is 9.69 Å². The maximum Gasteiger partial charge on any atom is 0.416 e. The van der Waals surface area contributed by atoms with Crippen LogP contribution in [0.5, 0.6) is 23.0 Å². The van der Waals surface area contributed by atoms with Crippen molar-refractivity contribution in [3.63, 3.8) is 0 Å². The molecule has 0 bridgehead atoms. The van der Waals surface area contributed by atoms with Crippen molar-refractivity contribution in [2.24, 2.45) is 17.1 Å². The Balaban J connectivity index is 0.859. The number of benzene rings is 3. The first-order chi connectivity index (χ1) is 34.6. The lowest BCUT2D eigenvalue weighted by molar-refractivity contribution is -0.127. The number of aromatic nitrogens is 1. The van der Waals surface area contributed by atoms with E-state index in [1.54, 1.807) is 53.1 Å². The minimum atomic E-state index is -1.44. The highest BCUT2D eigenvalue weighted by Gasteiger charge is 2.58. The Hall–Kier alpha value is -7.38. The van der Waals surface area contributed by atoms with Crippen LogP contribution < -0.4 is 45.5 Å². The number of ether oxygens (including phenoxy) is 5. The molecule has 1 saturated heterocycles. The lowest BCUT2D eigenvalue weighted by atomic mass is 10.0. The van der Waals surface area contributed by atoms with E-state index >= 15 is 0 Å². The fraction of sp³-hybridized carbons (Fsp3) is 0.434. The summed E-state index contributed by atoms with van der Waals surface area (Å²) in [5.41, 5.74) is 11.2. The molecule has 5 heterocycles. The van der Waals surface area contributed by atoms with Gasteiger partial charge < -0.3 is 60.3 Å². The van der Waals surface area contributed by atoms with Gasteiger partial charge in [0.15, 0.2) is 29.2 Å². The number of fused-ring (bicyclic) bond motifs is 4. The summed E-state index contributed by atoms with van der Waals surface area (Å²) in [6.07, 6.45) is 4.89. The summed E-state index contributed by atoms with van der Waals surface area (Å²) in [7, 11) is 2.98. The van der Waals surface area contributed by atoms with Gasteiger partial charge in [0.25, 0.3) is 11.8 Å². The highest BCUT2D eigenvalue weighted by molar-refractivity contribution is 6.06. The molecule has 1 aliphatic carbocycles. The summed E-state index contributed by atoms with van der Waals surface area (Å²) >= 11 is 0. The number of rotatable bonds is 16. The number of hydrogen-bond acceptors (Lipinski definition) is 14. The van der Waals surface area contributed by atoms with Gasteiger partial charge in [0.2, 0.25) is 11.8 Å². The number of hydrogen-bond donors (Lipinski definition) is 5. The molecule has 19 nitrogen and oxygen atoms in total. The molecule has 4 aliphatic heterocycles. The Morgan fingerprint density at radius 3 is 2.25 bits per heavy atom. The van der Waals surface area contributed by atoms with Gasteiger partial charge in [-0.05, 0) is 97.9 Å². The standard InChI is InChI=1S/C53H62N8O11/c1-29(2)46(54)48(63)57-31(4)47(62)58-35-12-9-32(10-13-35)27-72-52(67)61-40-22-45(43(69-6)20-38(40)50(65)60-28-53(14-15-53)23-41(60)51(61)66)71-17-7-16-70-44-21-39-37(19-42(44)68-5)49(64)59-26-34(18-36(59)25-56-39)33-11-8-30(3)55-24-33/h8-13,19-22,24,26,29,31,36,41,46,51,56,66H,7,14-18,23,25,27-28,54H2,1-6H3,(H,57,63)(H,58,62)/t31-,36-,41-,46-,51?/m0/s1. The van der Waals surface area contributed by atoms with Crippen LogP contribution in [0, 0.1) is 18.3 Å². The van der Waals surface area contributed by atoms with E-state index in [0.717, 1.165) is 34.6 Å². The number of aliphatic hydroxyl groups is 1. The molecule has 72 heavy (non-hydrogen) atoms. The Labute approximate surface area is 417 Å². The van der Waals surface area contributed by atoms with Crippen LogP contribution in [0.25, 0.3) is 5.57 Å². The Morgan fingerprint density at radius 1 is 0.903 bits per heavy atom. The van der Waals surface area contributed by atoms with Gasteiger partial charge in [-0.1, -0.05) is 32.0 Å². The molecule has 1 unspecified atom stereocenters. The molecule has 19 heteroatoms. The van der Waals surface area contributed by atoms with Gasteiger partial charge in [0.1, 0.15) is 12.6 Å². The fourth-order valence-corrected chi connectivity index (χ4v) is 9.69. The fourth-order valence-electron chi connectivity index (χ4n) is 9.69. The second-order valence-electron chi connectivity index (χ2n) is 19.6. The van der Waals surface area contributed by atoms with Gasteiger partial charge in [-0.15, -0.1) is 0 Å². The van der Waals surface area contributed by atoms with Crippen LogP contribution in [0.4, 0.5) is 21.9 Å². The molecule has 5 amide bonds. The topological polar surface area (TPSA) is 236 Å². The van der Waals surface area contributed by atoms with Gasteiger partial charge in [-0.3, -0.25) is 24.2 Å². The molecule has 6 N–H and O–H groups in total. The van der Waals surface area contributed by atoms with Crippen LogP contribution >= 0.6 is 0 Å². The van der Waals surface area contributed by atoms with E-state index in [-0.39, 0.29) is 71.8 Å². The number of carbonyl (C=O) groups is 5. The Morgan fingerprint density at radius 2 is 1.60 bits per heavy atom. The van der Waals surface area contributed by atoms with E-state index in [9.17, 15) is 29.1 Å². The number of pyridine rings is 1. The van der Waals surface area contributed by atoms with Crippen molar-refractivity contribution >= 4 is 52.4 Å². The molecule has 5 atom stereocenters. The Bertz CT molecular complexity index is 2780. The number of methoxy groups -OCH3 is 2. The van der Waals surface area contributed by atoms with Crippen molar-refractivity contribution in [1.29, 1.82) is 0 Å². The zero-order valence-electron chi connectivity index (χ0n) is 41.4. The van der Waals surface area contributed by atoms with Crippen LogP contribution in [-0.4, -0.2) is 121 Å². The van der Waals surface area contributed by atoms with Crippen molar-refractivity contribution in [3.8, 4) is 23.0 Å². The SMILES string of the molecule is COc1cc2c(cc1OCCCOc1cc3c(cc1OC)C(=O)N1CC4(CC4)C[C@H]1C(O)N3C(=O)OCc1ccc(NC(=O)[C@H](C)NC(=O)[C@@H](N)C(C)C)cc1)NC[C@@H]1CC(c3ccc(C)nc3)=CN1C2=O. The maximum atomic E-state index is 14.3. The molecular weight excluding hydrogens is 925 g/mol. The van der Waals surface area contributed by atoms with E-state index in [1.165, 1.54) is 26.4 Å². The minimum Gasteiger partial charge on any atom is -0.493 e. The lowest BCUT2D eigenvalue weighted by Gasteiger charge is -2.31. The third-order valence-electron chi connectivity index (χ3n) is 14.2. The van der Waals surface area contributed by atoms with Crippen molar-refractivity contribution in [2.45, 2.75) is 96.8 Å². The number of carbonyl (C=O) groups excluding carboxylic acids is 5. The number of amides is 5. The van der Waals surface area contributed by atoms with Gasteiger partial charge in [0.05, 0.1) is 68.1 Å². The van der Waals surface area contributed by atoms with E-state index < -0.39 is 42.3 Å². The summed E-state index contributed by atoms with van der Waals surface area (Å²) in [6, 6.07) is 14.8. The molecule has 5 aliphatic rings. The van der Waals surface area contributed by atoms with Crippen molar-refractivity contribution in [3.05, 3.63) is 101 Å². The number of nitrogens with zero attached hydrogens (tertiary/aromatic N) is 4. The van der Waals surface area contributed by atoms with Crippen LogP contribution in [-0.2, 0) is 20.9 Å². The summed E-state index contributed by atoms with van der Waals surface area (Å²) in [6.45, 7) is 8.28. The first-order valence-electron chi connectivity index (χ1n) is 24.4. The van der Waals surface area contributed by atoms with Crippen LogP contribution in [0.3, 0.4) is 0 Å². The van der Waals surface area contributed by atoms with Crippen molar-refractivity contribution in [2.75, 3.05) is 56.1 Å². The van der Waals surface area contributed by atoms with Crippen LogP contribution in [0.1, 0.15) is 90.4 Å². The van der Waals surface area contributed by atoms with E-state index in [1.807, 2.05) is 45.3 Å². The molecule has 3 aromatic carbocycles. The largest absolute Gasteiger partial charge is 0.493 e. The summed E-state index contributed by atoms with van der Waals surface area (Å²) in [5.74, 6) is -0.115. The molecular formula is C53H62N8O11. The summed E-state index contributed by atoms with van der Waals surface area (Å²) < 4.78 is 29.7. The average molecular weight is 987 g/mol. The number of aliphatic hydroxyl groups excluding tert-OH is 1. The van der Waals surface area contributed by atoms with Crippen LogP contribution in [0.2, 0.25) is 0 Å². The van der Waals surface area contributed by atoms with Gasteiger partial charge in [0, 0.05) is 55.4 Å². The predicted molar refractivity (Wildman–Crippen MR) is 267 cm³/mol. The molecule has 1 saturated carbocycles. The highest BCUT2D eigenvalue weighted by Crippen LogP contribution is 2.57. The van der Waals surface area contributed by atoms with E-state index in [4.69, 9.17) is 29.4 Å². The molecule has 9 rings (SSSR count). The molecule has 380 valence electrons. The number of aryl methyl sites for hydroxylation is 1. The second kappa shape index (κ2) is 20.4. The quantitative estimate of drug-likeness (QED) is 0.0831. The second-order valence-corrected chi connectivity index (χ2v) is 19.6. The predicted octanol–water partition coefficient (Wildman–Crippen LogP) is 5.83. The number of anilines is 3. The zero-order chi connectivity index (χ0) is 51.0. The van der Waals surface area contributed by atoms with Crippen LogP contribution in [0.15, 0.2) is 73.1 Å². The van der Waals surface area contributed by atoms with Gasteiger partial charge in [-0.2, -0.15) is 0 Å². The summed E-state index contributed by atoms with van der Waals surface area (Å²) in [5, 5.41) is 20.9. The molecule has 4 aromatic rings. The zero-order valence-corrected chi connectivity index (χ0v) is 41.4. The molecule has 0 radical (unpaired) electrons. The maximum absolute atomic E-state index is 14.3. The smallest absolute Gasteiger partial charge is 0.416 e. The first-order valence-corrected chi connectivity index (χ1v) is 24.4. The molecule has 2 fully saturated rings. The lowest BCUT2D eigenvalue weighted by Crippen LogP contribution is -2.50.